The predicted molar refractivity (Wildman–Crippen MR) is 64.8 cm³/mol. The minimum Gasteiger partial charge on any atom is -0.480 e. The van der Waals surface area contributed by atoms with Gasteiger partial charge in [0.25, 0.3) is 0 Å². The molecule has 5 heteroatoms. The second-order valence-corrected chi connectivity index (χ2v) is 4.25. The molecule has 0 radical (unpaired) electrons. The molecule has 0 bridgehead atoms. The molecule has 96 valence electrons. The lowest BCUT2D eigenvalue weighted by Crippen LogP contribution is -2.45. The van der Waals surface area contributed by atoms with Crippen molar-refractivity contribution in [2.75, 3.05) is 26.2 Å². The summed E-state index contributed by atoms with van der Waals surface area (Å²) in [4.78, 5) is 25.9. The molecule has 0 aliphatic carbocycles. The van der Waals surface area contributed by atoms with Crippen LogP contribution >= 0.6 is 0 Å². The predicted octanol–water partition coefficient (Wildman–Crippen LogP) is 1.56. The first-order valence-corrected chi connectivity index (χ1v) is 6.01. The Bertz CT molecular complexity index is 283. The summed E-state index contributed by atoms with van der Waals surface area (Å²) in [5, 5.41) is 8.77. The molecule has 0 aromatic rings. The number of carbonyl (C=O) groups excluding carboxylic acids is 1. The fourth-order valence-electron chi connectivity index (χ4n) is 1.99. The Morgan fingerprint density at radius 3 is 2.29 bits per heavy atom. The molecule has 1 aliphatic heterocycles. The SMILES string of the molecule is C=CCN(CC(=O)O)C(=O)N1CCCCCC1. The molecule has 0 atom stereocenters. The number of aliphatic carboxylic acids is 1. The maximum atomic E-state index is 12.1. The molecule has 0 aromatic carbocycles. The lowest BCUT2D eigenvalue weighted by Gasteiger charge is -2.28. The van der Waals surface area contributed by atoms with Crippen LogP contribution in [0.4, 0.5) is 4.79 Å². The van der Waals surface area contributed by atoms with E-state index in [-0.39, 0.29) is 19.1 Å². The van der Waals surface area contributed by atoms with Crippen LogP contribution in [0.15, 0.2) is 12.7 Å². The maximum Gasteiger partial charge on any atom is 0.323 e. The van der Waals surface area contributed by atoms with Crippen LogP contribution in [0.2, 0.25) is 0 Å². The summed E-state index contributed by atoms with van der Waals surface area (Å²) in [5.74, 6) is -0.991. The van der Waals surface area contributed by atoms with Gasteiger partial charge in [-0.1, -0.05) is 18.9 Å². The van der Waals surface area contributed by atoms with Crippen molar-refractivity contribution >= 4 is 12.0 Å². The number of carbonyl (C=O) groups is 2. The second kappa shape index (κ2) is 6.93. The van der Waals surface area contributed by atoms with Gasteiger partial charge in [0.15, 0.2) is 0 Å². The van der Waals surface area contributed by atoms with Crippen LogP contribution < -0.4 is 0 Å². The molecule has 5 nitrogen and oxygen atoms in total. The summed E-state index contributed by atoms with van der Waals surface area (Å²) in [7, 11) is 0. The average molecular weight is 240 g/mol. The second-order valence-electron chi connectivity index (χ2n) is 4.25. The van der Waals surface area contributed by atoms with Crippen molar-refractivity contribution in [1.29, 1.82) is 0 Å². The molecule has 2 amide bonds. The van der Waals surface area contributed by atoms with Gasteiger partial charge >= 0.3 is 12.0 Å². The largest absolute Gasteiger partial charge is 0.480 e. The zero-order chi connectivity index (χ0) is 12.7. The minimum atomic E-state index is -0.991. The number of carboxylic acid groups (broad SMARTS) is 1. The summed E-state index contributed by atoms with van der Waals surface area (Å²) >= 11 is 0. The number of amides is 2. The van der Waals surface area contributed by atoms with Crippen molar-refractivity contribution in [1.82, 2.24) is 9.80 Å². The monoisotopic (exact) mass is 240 g/mol. The number of likely N-dealkylation sites (tertiary alicyclic amines) is 1. The molecule has 0 saturated carbocycles. The number of carboxylic acids is 1. The van der Waals surface area contributed by atoms with Crippen molar-refractivity contribution < 1.29 is 14.7 Å². The Labute approximate surface area is 102 Å². The smallest absolute Gasteiger partial charge is 0.323 e. The van der Waals surface area contributed by atoms with Gasteiger partial charge in [0.1, 0.15) is 6.54 Å². The fourth-order valence-corrected chi connectivity index (χ4v) is 1.99. The van der Waals surface area contributed by atoms with Crippen molar-refractivity contribution in [3.05, 3.63) is 12.7 Å². The number of urea groups is 1. The van der Waals surface area contributed by atoms with Crippen molar-refractivity contribution in [3.63, 3.8) is 0 Å². The first-order chi connectivity index (χ1) is 8.15. The molecule has 1 N–H and O–H groups in total. The first kappa shape index (κ1) is 13.5. The van der Waals surface area contributed by atoms with Crippen LogP contribution in [0.5, 0.6) is 0 Å². The normalized spacial score (nSPS) is 16.1. The van der Waals surface area contributed by atoms with E-state index in [1.165, 1.54) is 4.90 Å². The third-order valence-corrected chi connectivity index (χ3v) is 2.82. The molecule has 1 fully saturated rings. The van der Waals surface area contributed by atoms with Crippen LogP contribution in [0.25, 0.3) is 0 Å². The number of hydrogen-bond donors (Lipinski definition) is 1. The first-order valence-electron chi connectivity index (χ1n) is 6.01. The van der Waals surface area contributed by atoms with Gasteiger partial charge in [-0.3, -0.25) is 4.79 Å². The van der Waals surface area contributed by atoms with Crippen LogP contribution in [0.3, 0.4) is 0 Å². The molecular weight excluding hydrogens is 220 g/mol. The van der Waals surface area contributed by atoms with Gasteiger partial charge in [-0.15, -0.1) is 6.58 Å². The highest BCUT2D eigenvalue weighted by Gasteiger charge is 2.22. The number of rotatable bonds is 4. The maximum absolute atomic E-state index is 12.1. The zero-order valence-corrected chi connectivity index (χ0v) is 10.1. The summed E-state index contributed by atoms with van der Waals surface area (Å²) in [6.45, 7) is 5.02. The Morgan fingerprint density at radius 1 is 1.24 bits per heavy atom. The topological polar surface area (TPSA) is 60.9 Å². The van der Waals surface area contributed by atoms with E-state index in [1.807, 2.05) is 0 Å². The van der Waals surface area contributed by atoms with E-state index in [4.69, 9.17) is 5.11 Å². The Kier molecular flexibility index (Phi) is 5.52. The molecule has 1 aliphatic rings. The van der Waals surface area contributed by atoms with Crippen LogP contribution in [0.1, 0.15) is 25.7 Å². The standard InChI is InChI=1S/C12H20N2O3/c1-2-7-14(10-11(15)16)12(17)13-8-5-3-4-6-9-13/h2H,1,3-10H2,(H,15,16). The summed E-state index contributed by atoms with van der Waals surface area (Å²) in [6.07, 6.45) is 5.84. The highest BCUT2D eigenvalue weighted by atomic mass is 16.4. The number of hydrogen-bond acceptors (Lipinski definition) is 2. The highest BCUT2D eigenvalue weighted by molar-refractivity contribution is 5.80. The van der Waals surface area contributed by atoms with Gasteiger partial charge in [0.2, 0.25) is 0 Å². The minimum absolute atomic E-state index is 0.186. The molecule has 0 unspecified atom stereocenters. The van der Waals surface area contributed by atoms with Crippen LogP contribution in [-0.4, -0.2) is 53.1 Å². The fraction of sp³-hybridized carbons (Fsp3) is 0.667. The summed E-state index contributed by atoms with van der Waals surface area (Å²) in [6, 6.07) is -0.186. The van der Waals surface area contributed by atoms with E-state index in [0.29, 0.717) is 0 Å². The highest BCUT2D eigenvalue weighted by Crippen LogP contribution is 2.11. The van der Waals surface area contributed by atoms with Gasteiger partial charge in [-0.25, -0.2) is 4.79 Å². The van der Waals surface area contributed by atoms with E-state index in [9.17, 15) is 9.59 Å². The van der Waals surface area contributed by atoms with E-state index in [0.717, 1.165) is 38.8 Å². The Balaban J connectivity index is 2.60. The molecule has 17 heavy (non-hydrogen) atoms. The molecular formula is C12H20N2O3. The van der Waals surface area contributed by atoms with E-state index >= 15 is 0 Å². The Morgan fingerprint density at radius 2 is 1.82 bits per heavy atom. The van der Waals surface area contributed by atoms with Crippen LogP contribution in [0, 0.1) is 0 Å². The molecule has 0 spiro atoms. The van der Waals surface area contributed by atoms with Gasteiger partial charge in [0.05, 0.1) is 0 Å². The van der Waals surface area contributed by atoms with E-state index < -0.39 is 5.97 Å². The van der Waals surface area contributed by atoms with Crippen molar-refractivity contribution in [2.24, 2.45) is 0 Å². The molecule has 1 heterocycles. The summed E-state index contributed by atoms with van der Waals surface area (Å²) < 4.78 is 0. The lowest BCUT2D eigenvalue weighted by molar-refractivity contribution is -0.137. The third-order valence-electron chi connectivity index (χ3n) is 2.82. The third kappa shape index (κ3) is 4.46. The van der Waals surface area contributed by atoms with Crippen LogP contribution in [-0.2, 0) is 4.79 Å². The van der Waals surface area contributed by atoms with Gasteiger partial charge < -0.3 is 14.9 Å². The van der Waals surface area contributed by atoms with E-state index in [1.54, 1.807) is 11.0 Å². The van der Waals surface area contributed by atoms with Gasteiger partial charge in [0, 0.05) is 19.6 Å². The van der Waals surface area contributed by atoms with Gasteiger partial charge in [-0.2, -0.15) is 0 Å². The lowest BCUT2D eigenvalue weighted by atomic mass is 10.2. The number of nitrogens with zero attached hydrogens (tertiary/aromatic N) is 2. The molecule has 1 saturated heterocycles. The quantitative estimate of drug-likeness (QED) is 0.758. The Hall–Kier alpha value is -1.52. The van der Waals surface area contributed by atoms with Gasteiger partial charge in [-0.05, 0) is 12.8 Å². The van der Waals surface area contributed by atoms with Crippen molar-refractivity contribution in [2.45, 2.75) is 25.7 Å². The summed E-state index contributed by atoms with van der Waals surface area (Å²) in [5.41, 5.74) is 0. The average Bonchev–Trinajstić information content (AvgIpc) is 2.55. The van der Waals surface area contributed by atoms with Crippen molar-refractivity contribution in [3.8, 4) is 0 Å². The molecule has 1 rings (SSSR count). The van der Waals surface area contributed by atoms with E-state index in [2.05, 4.69) is 6.58 Å². The molecule has 0 aromatic heterocycles. The zero-order valence-electron chi connectivity index (χ0n) is 10.1.